The van der Waals surface area contributed by atoms with E-state index in [1.54, 1.807) is 0 Å². The molecule has 2 aliphatic rings. The molecule has 1 aromatic rings. The highest BCUT2D eigenvalue weighted by atomic mass is 16.7. The van der Waals surface area contributed by atoms with E-state index in [-0.39, 0.29) is 5.95 Å². The minimum absolute atomic E-state index is 0.154. The first kappa shape index (κ1) is 16.2. The van der Waals surface area contributed by atoms with Crippen molar-refractivity contribution in [2.24, 2.45) is 5.41 Å². The fraction of sp³-hybridized carbons (Fsp3) is 0.444. The van der Waals surface area contributed by atoms with E-state index in [9.17, 15) is 10.1 Å². The van der Waals surface area contributed by atoms with Gasteiger partial charge in [0, 0.05) is 0 Å². The summed E-state index contributed by atoms with van der Waals surface area (Å²) in [5.41, 5.74) is 0.685. The molecule has 0 spiro atoms. The molecule has 0 unspecified atom stereocenters. The van der Waals surface area contributed by atoms with E-state index >= 15 is 0 Å². The number of carbonyl (C=O) groups is 1. The third-order valence-electron chi connectivity index (χ3n) is 4.86. The predicted molar refractivity (Wildman–Crippen MR) is 87.0 cm³/mol. The number of amides is 1. The normalized spacial score (nSPS) is 24.8. The molecular weight excluding hydrogens is 308 g/mol. The van der Waals surface area contributed by atoms with Crippen LogP contribution in [0, 0.1) is 16.7 Å². The van der Waals surface area contributed by atoms with Crippen molar-refractivity contribution in [1.82, 2.24) is 0 Å². The smallest absolute Gasteiger partial charge is 0.417 e. The van der Waals surface area contributed by atoms with Crippen LogP contribution in [0.25, 0.3) is 0 Å². The number of nitriles is 1. The lowest BCUT2D eigenvalue weighted by Gasteiger charge is -2.41. The van der Waals surface area contributed by atoms with E-state index in [0.717, 1.165) is 5.56 Å². The van der Waals surface area contributed by atoms with E-state index in [0.29, 0.717) is 11.3 Å². The van der Waals surface area contributed by atoms with Crippen LogP contribution in [0.2, 0.25) is 0 Å². The van der Waals surface area contributed by atoms with Gasteiger partial charge >= 0.3 is 6.09 Å². The summed E-state index contributed by atoms with van der Waals surface area (Å²) in [6, 6.07) is 9.75. The van der Waals surface area contributed by atoms with E-state index < -0.39 is 23.2 Å². The molecule has 0 fully saturated rings. The van der Waals surface area contributed by atoms with E-state index in [2.05, 4.69) is 6.07 Å². The van der Waals surface area contributed by atoms with E-state index in [1.807, 2.05) is 45.0 Å². The first-order valence-electron chi connectivity index (χ1n) is 7.66. The highest BCUT2D eigenvalue weighted by molar-refractivity contribution is 5.93. The van der Waals surface area contributed by atoms with Crippen molar-refractivity contribution >= 4 is 11.8 Å². The number of methoxy groups -OCH3 is 2. The van der Waals surface area contributed by atoms with Crippen molar-refractivity contribution in [3.8, 4) is 6.07 Å². The second kappa shape index (κ2) is 5.17. The summed E-state index contributed by atoms with van der Waals surface area (Å²) in [7, 11) is 2.78. The number of hydrogen-bond acceptors (Lipinski definition) is 5. The Bertz CT molecular complexity index is 772. The molecule has 1 amide bonds. The number of ether oxygens (including phenoxy) is 3. The Morgan fingerprint density at radius 2 is 2.00 bits per heavy atom. The average Bonchev–Trinajstić information content (AvgIpc) is 3.03. The number of fused-ring (bicyclic) bond motifs is 3. The highest BCUT2D eigenvalue weighted by Gasteiger charge is 2.67. The molecule has 0 aliphatic carbocycles. The van der Waals surface area contributed by atoms with Crippen LogP contribution in [-0.2, 0) is 19.6 Å². The van der Waals surface area contributed by atoms with E-state index in [1.165, 1.54) is 19.1 Å². The monoisotopic (exact) mass is 328 g/mol. The molecule has 0 bridgehead atoms. The highest BCUT2D eigenvalue weighted by Crippen LogP contribution is 2.62. The Balaban J connectivity index is 2.38. The van der Waals surface area contributed by atoms with Gasteiger partial charge in [0.25, 0.3) is 5.95 Å². The van der Waals surface area contributed by atoms with Gasteiger partial charge in [-0.15, -0.1) is 0 Å². The molecule has 2 atom stereocenters. The zero-order valence-corrected chi connectivity index (χ0v) is 14.4. The molecule has 0 saturated carbocycles. The molecule has 0 radical (unpaired) electrons. The summed E-state index contributed by atoms with van der Waals surface area (Å²) in [6.07, 6.45) is -1.26. The minimum atomic E-state index is -0.835. The number of anilines is 1. The molecule has 3 rings (SSSR count). The quantitative estimate of drug-likeness (QED) is 0.791. The number of nitrogens with zero attached hydrogens (tertiary/aromatic N) is 2. The first-order chi connectivity index (χ1) is 11.3. The molecule has 0 saturated heterocycles. The second-order valence-electron chi connectivity index (χ2n) is 6.86. The predicted octanol–water partition coefficient (Wildman–Crippen LogP) is 3.29. The van der Waals surface area contributed by atoms with Gasteiger partial charge in [-0.05, 0) is 17.0 Å². The summed E-state index contributed by atoms with van der Waals surface area (Å²) < 4.78 is 16.2. The number of rotatable bonds is 1. The summed E-state index contributed by atoms with van der Waals surface area (Å²) in [6.45, 7) is 6.07. The Morgan fingerprint density at radius 1 is 1.33 bits per heavy atom. The van der Waals surface area contributed by atoms with Crippen molar-refractivity contribution < 1.29 is 19.0 Å². The first-order valence-corrected chi connectivity index (χ1v) is 7.66. The topological polar surface area (TPSA) is 71.8 Å². The zero-order chi connectivity index (χ0) is 17.7. The fourth-order valence-corrected chi connectivity index (χ4v) is 3.92. The summed E-state index contributed by atoms with van der Waals surface area (Å²) in [5.74, 6) is 0.154. The summed E-state index contributed by atoms with van der Waals surface area (Å²) >= 11 is 0. The number of hydrogen-bond donors (Lipinski definition) is 0. The van der Waals surface area contributed by atoms with Crippen LogP contribution in [-0.4, -0.2) is 26.5 Å². The van der Waals surface area contributed by atoms with Crippen molar-refractivity contribution in [1.29, 1.82) is 5.26 Å². The van der Waals surface area contributed by atoms with Gasteiger partial charge in [0.1, 0.15) is 17.1 Å². The molecule has 126 valence electrons. The van der Waals surface area contributed by atoms with Crippen LogP contribution in [0.15, 0.2) is 35.8 Å². The van der Waals surface area contributed by atoms with Crippen LogP contribution < -0.4 is 4.90 Å². The van der Waals surface area contributed by atoms with Gasteiger partial charge in [-0.1, -0.05) is 39.0 Å². The van der Waals surface area contributed by atoms with Gasteiger partial charge in [0.2, 0.25) is 0 Å². The molecule has 0 aromatic heterocycles. The standard InChI is InChI=1S/C18H20N2O4/c1-17(2,3)18-11-8-6-7-9-13(11)20(16(21)23-5)15(18)24-14(22-4)12(18)10-19/h6-9,15H,1-5H3/t15-,18-/m0/s1. The molecule has 6 heteroatoms. The Labute approximate surface area is 141 Å². The van der Waals surface area contributed by atoms with Crippen molar-refractivity contribution in [2.75, 3.05) is 19.1 Å². The van der Waals surface area contributed by atoms with Gasteiger partial charge in [0.15, 0.2) is 6.23 Å². The van der Waals surface area contributed by atoms with Crippen LogP contribution in [0.5, 0.6) is 0 Å². The Morgan fingerprint density at radius 3 is 2.54 bits per heavy atom. The van der Waals surface area contributed by atoms with Gasteiger partial charge in [0.05, 0.1) is 19.9 Å². The van der Waals surface area contributed by atoms with Crippen molar-refractivity contribution in [3.05, 3.63) is 41.3 Å². The minimum Gasteiger partial charge on any atom is -0.468 e. The maximum Gasteiger partial charge on any atom is 0.417 e. The van der Waals surface area contributed by atoms with Crippen LogP contribution in [0.1, 0.15) is 26.3 Å². The second-order valence-corrected chi connectivity index (χ2v) is 6.86. The van der Waals surface area contributed by atoms with Crippen LogP contribution in [0.3, 0.4) is 0 Å². The Kier molecular flexibility index (Phi) is 3.48. The zero-order valence-electron chi connectivity index (χ0n) is 14.4. The van der Waals surface area contributed by atoms with Crippen molar-refractivity contribution in [3.63, 3.8) is 0 Å². The molecule has 24 heavy (non-hydrogen) atoms. The molecule has 2 aliphatic heterocycles. The third kappa shape index (κ3) is 1.72. The lowest BCUT2D eigenvalue weighted by molar-refractivity contribution is -0.00230. The van der Waals surface area contributed by atoms with Gasteiger partial charge in [-0.25, -0.2) is 9.69 Å². The molecule has 2 heterocycles. The van der Waals surface area contributed by atoms with Crippen LogP contribution >= 0.6 is 0 Å². The van der Waals surface area contributed by atoms with Gasteiger partial charge < -0.3 is 14.2 Å². The van der Waals surface area contributed by atoms with E-state index in [4.69, 9.17) is 14.2 Å². The molecule has 1 aromatic carbocycles. The summed E-state index contributed by atoms with van der Waals surface area (Å²) in [4.78, 5) is 13.9. The fourth-order valence-electron chi connectivity index (χ4n) is 3.92. The Hall–Kier alpha value is -2.68. The number of carbonyl (C=O) groups excluding carboxylic acids is 1. The lowest BCUT2D eigenvalue weighted by atomic mass is 9.59. The molecule has 6 nitrogen and oxygen atoms in total. The molecule has 0 N–H and O–H groups in total. The largest absolute Gasteiger partial charge is 0.468 e. The van der Waals surface area contributed by atoms with Gasteiger partial charge in [-0.3, -0.25) is 0 Å². The number of benzene rings is 1. The number of para-hydroxylation sites is 1. The van der Waals surface area contributed by atoms with Crippen LogP contribution in [0.4, 0.5) is 10.5 Å². The third-order valence-corrected chi connectivity index (χ3v) is 4.86. The maximum atomic E-state index is 12.5. The average molecular weight is 328 g/mol. The van der Waals surface area contributed by atoms with Crippen molar-refractivity contribution in [2.45, 2.75) is 32.4 Å². The van der Waals surface area contributed by atoms with Gasteiger partial charge in [-0.2, -0.15) is 5.26 Å². The SMILES string of the molecule is COC(=O)N1c2ccccc2[C@]2(C(C)(C)C)C(C#N)=C(OC)O[C@H]12. The lowest BCUT2D eigenvalue weighted by Crippen LogP contribution is -2.52. The molecular formula is C18H20N2O4. The maximum absolute atomic E-state index is 12.5. The summed E-state index contributed by atoms with van der Waals surface area (Å²) in [5, 5.41) is 9.85.